The number of fused-ring (bicyclic) bond motifs is 1. The second-order valence-electron chi connectivity index (χ2n) is 5.92. The molecule has 128 valence electrons. The van der Waals surface area contributed by atoms with E-state index in [4.69, 9.17) is 11.6 Å². The molecule has 25 heavy (non-hydrogen) atoms. The van der Waals surface area contributed by atoms with Crippen molar-refractivity contribution in [3.8, 4) is 0 Å². The van der Waals surface area contributed by atoms with Crippen LogP contribution in [0.4, 0.5) is 16.2 Å². The molecule has 1 aliphatic heterocycles. The van der Waals surface area contributed by atoms with Crippen molar-refractivity contribution in [1.82, 2.24) is 4.90 Å². The van der Waals surface area contributed by atoms with Crippen molar-refractivity contribution in [1.29, 1.82) is 0 Å². The number of anilines is 2. The largest absolute Gasteiger partial charge is 0.323 e. The Hall–Kier alpha value is -2.86. The van der Waals surface area contributed by atoms with Crippen molar-refractivity contribution in [3.05, 3.63) is 58.6 Å². The van der Waals surface area contributed by atoms with Gasteiger partial charge in [-0.15, -0.1) is 0 Å². The number of hydrogen-bond donors (Lipinski definition) is 2. The van der Waals surface area contributed by atoms with Crippen molar-refractivity contribution < 1.29 is 14.4 Å². The average Bonchev–Trinajstić information content (AvgIpc) is 2.78. The Morgan fingerprint density at radius 1 is 0.960 bits per heavy atom. The Morgan fingerprint density at radius 2 is 1.60 bits per heavy atom. The Labute approximate surface area is 149 Å². The smallest absolute Gasteiger partial charge is 0.308 e. The molecule has 4 amide bonds. The molecule has 0 fully saturated rings. The molecule has 0 spiro atoms. The SMILES string of the molecule is CC(C)N1C(=O)c2ccc(NC(=O)Nc3cccc(Cl)c3)cc2C1=O. The number of urea groups is 1. The van der Waals surface area contributed by atoms with Gasteiger partial charge in [-0.3, -0.25) is 14.5 Å². The third-order valence-electron chi connectivity index (χ3n) is 3.77. The van der Waals surface area contributed by atoms with Crippen LogP contribution in [0.3, 0.4) is 0 Å². The molecule has 0 aromatic heterocycles. The van der Waals surface area contributed by atoms with Crippen molar-refractivity contribution in [2.45, 2.75) is 19.9 Å². The molecule has 0 atom stereocenters. The normalized spacial score (nSPS) is 13.2. The maximum absolute atomic E-state index is 12.4. The van der Waals surface area contributed by atoms with E-state index in [1.54, 1.807) is 50.2 Å². The van der Waals surface area contributed by atoms with Gasteiger partial charge >= 0.3 is 6.03 Å². The molecule has 0 saturated carbocycles. The fourth-order valence-electron chi connectivity index (χ4n) is 2.67. The first-order chi connectivity index (χ1) is 11.9. The lowest BCUT2D eigenvalue weighted by atomic mass is 10.1. The third kappa shape index (κ3) is 3.34. The first-order valence-corrected chi connectivity index (χ1v) is 8.10. The number of carbonyl (C=O) groups is 3. The lowest BCUT2D eigenvalue weighted by molar-refractivity contribution is 0.0609. The zero-order chi connectivity index (χ0) is 18.1. The van der Waals surface area contributed by atoms with Crippen LogP contribution in [0.5, 0.6) is 0 Å². The summed E-state index contributed by atoms with van der Waals surface area (Å²) in [5.74, 6) is -0.668. The van der Waals surface area contributed by atoms with E-state index in [0.717, 1.165) is 0 Å². The van der Waals surface area contributed by atoms with E-state index in [-0.39, 0.29) is 17.9 Å². The molecule has 2 aromatic carbocycles. The van der Waals surface area contributed by atoms with E-state index in [1.165, 1.54) is 11.0 Å². The lowest BCUT2D eigenvalue weighted by Crippen LogP contribution is -2.35. The summed E-state index contributed by atoms with van der Waals surface area (Å²) in [5.41, 5.74) is 1.60. The van der Waals surface area contributed by atoms with Gasteiger partial charge in [-0.05, 0) is 50.2 Å². The highest BCUT2D eigenvalue weighted by molar-refractivity contribution is 6.31. The molecule has 7 heteroatoms. The van der Waals surface area contributed by atoms with Gasteiger partial charge in [0.1, 0.15) is 0 Å². The van der Waals surface area contributed by atoms with E-state index in [1.807, 2.05) is 0 Å². The fraction of sp³-hybridized carbons (Fsp3) is 0.167. The van der Waals surface area contributed by atoms with E-state index in [9.17, 15) is 14.4 Å². The van der Waals surface area contributed by atoms with Gasteiger partial charge in [-0.25, -0.2) is 4.79 Å². The van der Waals surface area contributed by atoms with Crippen molar-refractivity contribution in [2.24, 2.45) is 0 Å². The Kier molecular flexibility index (Phi) is 4.46. The molecule has 0 radical (unpaired) electrons. The molecule has 0 bridgehead atoms. The van der Waals surface area contributed by atoms with E-state index in [0.29, 0.717) is 27.5 Å². The van der Waals surface area contributed by atoms with E-state index < -0.39 is 6.03 Å². The second-order valence-corrected chi connectivity index (χ2v) is 6.36. The maximum atomic E-state index is 12.4. The number of amides is 4. The zero-order valence-electron chi connectivity index (χ0n) is 13.7. The van der Waals surface area contributed by atoms with E-state index >= 15 is 0 Å². The minimum atomic E-state index is -0.472. The molecule has 1 heterocycles. The zero-order valence-corrected chi connectivity index (χ0v) is 14.4. The summed E-state index contributed by atoms with van der Waals surface area (Å²) in [6.45, 7) is 3.55. The van der Waals surface area contributed by atoms with Crippen LogP contribution in [0.25, 0.3) is 0 Å². The summed E-state index contributed by atoms with van der Waals surface area (Å²) in [6.07, 6.45) is 0. The van der Waals surface area contributed by atoms with Gasteiger partial charge in [0.05, 0.1) is 11.1 Å². The summed E-state index contributed by atoms with van der Waals surface area (Å²) < 4.78 is 0. The molecule has 0 unspecified atom stereocenters. The summed E-state index contributed by atoms with van der Waals surface area (Å²) in [5, 5.41) is 5.80. The van der Waals surface area contributed by atoms with Crippen molar-refractivity contribution >= 4 is 40.8 Å². The van der Waals surface area contributed by atoms with Crippen LogP contribution in [-0.2, 0) is 0 Å². The molecule has 1 aliphatic rings. The standard InChI is InChI=1S/C18H16ClN3O3/c1-10(2)22-16(23)14-7-6-13(9-15(14)17(22)24)21-18(25)20-12-5-3-4-11(19)8-12/h3-10H,1-2H3,(H2,20,21,25). The number of carbonyl (C=O) groups excluding carboxylic acids is 3. The predicted octanol–water partition coefficient (Wildman–Crippen LogP) is 3.99. The Bertz CT molecular complexity index is 880. The molecule has 2 N–H and O–H groups in total. The molecule has 3 rings (SSSR count). The fourth-order valence-corrected chi connectivity index (χ4v) is 2.86. The highest BCUT2D eigenvalue weighted by atomic mass is 35.5. The molecule has 6 nitrogen and oxygen atoms in total. The van der Waals surface area contributed by atoms with Gasteiger partial charge < -0.3 is 10.6 Å². The summed E-state index contributed by atoms with van der Waals surface area (Å²) in [4.78, 5) is 37.9. The van der Waals surface area contributed by atoms with Crippen molar-refractivity contribution in [2.75, 3.05) is 10.6 Å². The second kappa shape index (κ2) is 6.57. The van der Waals surface area contributed by atoms with Gasteiger partial charge in [0, 0.05) is 22.4 Å². The van der Waals surface area contributed by atoms with Gasteiger partial charge in [0.15, 0.2) is 0 Å². The number of nitrogens with one attached hydrogen (secondary N) is 2. The highest BCUT2D eigenvalue weighted by Gasteiger charge is 2.37. The Balaban J connectivity index is 1.77. The predicted molar refractivity (Wildman–Crippen MR) is 96.2 cm³/mol. The summed E-state index contributed by atoms with van der Waals surface area (Å²) >= 11 is 5.88. The van der Waals surface area contributed by atoms with Crippen LogP contribution in [0.1, 0.15) is 34.6 Å². The van der Waals surface area contributed by atoms with Crippen LogP contribution < -0.4 is 10.6 Å². The van der Waals surface area contributed by atoms with Crippen LogP contribution in [0.15, 0.2) is 42.5 Å². The van der Waals surface area contributed by atoms with Gasteiger partial charge in [0.2, 0.25) is 0 Å². The number of halogens is 1. The van der Waals surface area contributed by atoms with Crippen LogP contribution in [-0.4, -0.2) is 28.8 Å². The number of imide groups is 1. The number of benzene rings is 2. The van der Waals surface area contributed by atoms with E-state index in [2.05, 4.69) is 10.6 Å². The minimum Gasteiger partial charge on any atom is -0.308 e. The molecular formula is C18H16ClN3O3. The molecule has 0 saturated heterocycles. The number of rotatable bonds is 3. The Morgan fingerprint density at radius 3 is 2.24 bits per heavy atom. The number of hydrogen-bond acceptors (Lipinski definition) is 3. The quantitative estimate of drug-likeness (QED) is 0.815. The first kappa shape index (κ1) is 17.0. The summed E-state index contributed by atoms with van der Waals surface area (Å²) in [6, 6.07) is 10.7. The minimum absolute atomic E-state index is 0.227. The number of nitrogens with zero attached hydrogens (tertiary/aromatic N) is 1. The van der Waals surface area contributed by atoms with Crippen LogP contribution in [0, 0.1) is 0 Å². The average molecular weight is 358 g/mol. The monoisotopic (exact) mass is 357 g/mol. The molecule has 2 aromatic rings. The van der Waals surface area contributed by atoms with Gasteiger partial charge in [-0.2, -0.15) is 0 Å². The maximum Gasteiger partial charge on any atom is 0.323 e. The topological polar surface area (TPSA) is 78.5 Å². The van der Waals surface area contributed by atoms with Crippen LogP contribution in [0.2, 0.25) is 5.02 Å². The van der Waals surface area contributed by atoms with Crippen LogP contribution >= 0.6 is 11.6 Å². The summed E-state index contributed by atoms with van der Waals surface area (Å²) in [7, 11) is 0. The van der Waals surface area contributed by atoms with Gasteiger partial charge in [0.25, 0.3) is 11.8 Å². The lowest BCUT2D eigenvalue weighted by Gasteiger charge is -2.17. The first-order valence-electron chi connectivity index (χ1n) is 7.72. The highest BCUT2D eigenvalue weighted by Crippen LogP contribution is 2.27. The van der Waals surface area contributed by atoms with Crippen molar-refractivity contribution in [3.63, 3.8) is 0 Å². The third-order valence-corrected chi connectivity index (χ3v) is 4.01. The molecule has 0 aliphatic carbocycles. The molecular weight excluding hydrogens is 342 g/mol. The van der Waals surface area contributed by atoms with Gasteiger partial charge in [-0.1, -0.05) is 17.7 Å².